The molecular formula is C17H26ClNO. The molecule has 1 saturated carbocycles. The summed E-state index contributed by atoms with van der Waals surface area (Å²) in [6, 6.07) is 8.08. The second kappa shape index (κ2) is 7.90. The van der Waals surface area contributed by atoms with Crippen LogP contribution in [0.4, 0.5) is 0 Å². The van der Waals surface area contributed by atoms with E-state index < -0.39 is 0 Å². The van der Waals surface area contributed by atoms with E-state index in [9.17, 15) is 0 Å². The van der Waals surface area contributed by atoms with Crippen molar-refractivity contribution >= 4 is 11.6 Å². The SMILES string of the molecule is CCC1CCCC(C(COc2cccc(Cl)c2)NC)C1. The first-order valence-electron chi connectivity index (χ1n) is 7.78. The van der Waals surface area contributed by atoms with Crippen LogP contribution in [0, 0.1) is 11.8 Å². The number of likely N-dealkylation sites (N-methyl/N-ethyl adjacent to an activating group) is 1. The Kier molecular flexibility index (Phi) is 6.18. The average molecular weight is 296 g/mol. The molecule has 1 aromatic carbocycles. The highest BCUT2D eigenvalue weighted by atomic mass is 35.5. The molecular weight excluding hydrogens is 270 g/mol. The van der Waals surface area contributed by atoms with Crippen LogP contribution in [-0.2, 0) is 0 Å². The molecule has 112 valence electrons. The summed E-state index contributed by atoms with van der Waals surface area (Å²) in [7, 11) is 2.04. The molecule has 20 heavy (non-hydrogen) atoms. The van der Waals surface area contributed by atoms with Gasteiger partial charge >= 0.3 is 0 Å². The van der Waals surface area contributed by atoms with Gasteiger partial charge in [-0.1, -0.05) is 43.9 Å². The fourth-order valence-electron chi connectivity index (χ4n) is 3.27. The Hall–Kier alpha value is -0.730. The minimum atomic E-state index is 0.434. The van der Waals surface area contributed by atoms with Crippen molar-refractivity contribution in [2.75, 3.05) is 13.7 Å². The van der Waals surface area contributed by atoms with E-state index in [0.29, 0.717) is 6.04 Å². The summed E-state index contributed by atoms with van der Waals surface area (Å²) >= 11 is 5.99. The molecule has 0 radical (unpaired) electrons. The zero-order valence-corrected chi connectivity index (χ0v) is 13.3. The maximum absolute atomic E-state index is 5.99. The molecule has 0 spiro atoms. The van der Waals surface area contributed by atoms with Crippen molar-refractivity contribution in [1.29, 1.82) is 0 Å². The predicted octanol–water partition coefficient (Wildman–Crippen LogP) is 4.52. The van der Waals surface area contributed by atoms with Gasteiger partial charge in [-0.2, -0.15) is 0 Å². The summed E-state index contributed by atoms with van der Waals surface area (Å²) in [4.78, 5) is 0. The number of hydrogen-bond donors (Lipinski definition) is 1. The van der Waals surface area contributed by atoms with Crippen LogP contribution >= 0.6 is 11.6 Å². The molecule has 1 aromatic rings. The highest BCUT2D eigenvalue weighted by molar-refractivity contribution is 6.30. The van der Waals surface area contributed by atoms with Gasteiger partial charge in [0.2, 0.25) is 0 Å². The van der Waals surface area contributed by atoms with Gasteiger partial charge in [-0.3, -0.25) is 0 Å². The smallest absolute Gasteiger partial charge is 0.120 e. The minimum absolute atomic E-state index is 0.434. The predicted molar refractivity (Wildman–Crippen MR) is 85.5 cm³/mol. The molecule has 0 saturated heterocycles. The molecule has 0 heterocycles. The Morgan fingerprint density at radius 3 is 2.95 bits per heavy atom. The molecule has 1 N–H and O–H groups in total. The molecule has 2 nitrogen and oxygen atoms in total. The van der Waals surface area contributed by atoms with Crippen molar-refractivity contribution < 1.29 is 4.74 Å². The highest BCUT2D eigenvalue weighted by Crippen LogP contribution is 2.33. The zero-order chi connectivity index (χ0) is 14.4. The molecule has 2 rings (SSSR count). The summed E-state index contributed by atoms with van der Waals surface area (Å²) in [5.74, 6) is 2.49. The third kappa shape index (κ3) is 4.39. The number of hydrogen-bond acceptors (Lipinski definition) is 2. The van der Waals surface area contributed by atoms with Crippen molar-refractivity contribution in [3.05, 3.63) is 29.3 Å². The summed E-state index contributed by atoms with van der Waals surface area (Å²) in [5, 5.41) is 4.17. The quantitative estimate of drug-likeness (QED) is 0.833. The molecule has 1 aliphatic carbocycles. The lowest BCUT2D eigenvalue weighted by atomic mass is 9.77. The Labute approximate surface area is 127 Å². The van der Waals surface area contributed by atoms with Crippen LogP contribution in [0.15, 0.2) is 24.3 Å². The standard InChI is InChI=1S/C17H26ClNO/c1-3-13-6-4-7-14(10-13)17(19-2)12-20-16-9-5-8-15(18)11-16/h5,8-9,11,13-14,17,19H,3-4,6-7,10,12H2,1-2H3. The number of rotatable bonds is 6. The molecule has 3 atom stereocenters. The van der Waals surface area contributed by atoms with Crippen molar-refractivity contribution in [3.8, 4) is 5.75 Å². The largest absolute Gasteiger partial charge is 0.492 e. The van der Waals surface area contributed by atoms with Crippen LogP contribution in [-0.4, -0.2) is 19.7 Å². The second-order valence-electron chi connectivity index (χ2n) is 5.86. The number of ether oxygens (including phenoxy) is 1. The van der Waals surface area contributed by atoms with Crippen LogP contribution in [0.5, 0.6) is 5.75 Å². The summed E-state index contributed by atoms with van der Waals surface area (Å²) in [5.41, 5.74) is 0. The monoisotopic (exact) mass is 295 g/mol. The van der Waals surface area contributed by atoms with Gasteiger partial charge in [-0.05, 0) is 49.9 Å². The summed E-state index contributed by atoms with van der Waals surface area (Å²) in [6.07, 6.45) is 6.72. The maximum atomic E-state index is 5.99. The summed E-state index contributed by atoms with van der Waals surface area (Å²) < 4.78 is 5.92. The lowest BCUT2D eigenvalue weighted by molar-refractivity contribution is 0.163. The van der Waals surface area contributed by atoms with Gasteiger partial charge in [0.1, 0.15) is 12.4 Å². The van der Waals surface area contributed by atoms with E-state index in [1.165, 1.54) is 32.1 Å². The molecule has 0 aliphatic heterocycles. The van der Waals surface area contributed by atoms with Gasteiger partial charge in [-0.15, -0.1) is 0 Å². The van der Waals surface area contributed by atoms with E-state index in [1.54, 1.807) is 0 Å². The minimum Gasteiger partial charge on any atom is -0.492 e. The first-order chi connectivity index (χ1) is 9.72. The zero-order valence-electron chi connectivity index (χ0n) is 12.6. The normalized spacial score (nSPS) is 24.4. The third-order valence-electron chi connectivity index (χ3n) is 4.57. The van der Waals surface area contributed by atoms with Crippen LogP contribution in [0.25, 0.3) is 0 Å². The van der Waals surface area contributed by atoms with E-state index >= 15 is 0 Å². The fraction of sp³-hybridized carbons (Fsp3) is 0.647. The molecule has 0 bridgehead atoms. The number of nitrogens with one attached hydrogen (secondary N) is 1. The van der Waals surface area contributed by atoms with E-state index in [4.69, 9.17) is 16.3 Å². The van der Waals surface area contributed by atoms with Gasteiger partial charge < -0.3 is 10.1 Å². The Bertz CT molecular complexity index is 410. The topological polar surface area (TPSA) is 21.3 Å². The molecule has 1 fully saturated rings. The average Bonchev–Trinajstić information content (AvgIpc) is 2.48. The van der Waals surface area contributed by atoms with Gasteiger partial charge in [0.15, 0.2) is 0 Å². The molecule has 3 unspecified atom stereocenters. The molecule has 0 aromatic heterocycles. The van der Waals surface area contributed by atoms with Gasteiger partial charge in [0, 0.05) is 11.1 Å². The Morgan fingerprint density at radius 1 is 1.40 bits per heavy atom. The van der Waals surface area contributed by atoms with Crippen molar-refractivity contribution in [2.45, 2.75) is 45.1 Å². The van der Waals surface area contributed by atoms with Crippen LogP contribution < -0.4 is 10.1 Å². The van der Waals surface area contributed by atoms with E-state index in [1.807, 2.05) is 31.3 Å². The van der Waals surface area contributed by atoms with E-state index in [2.05, 4.69) is 12.2 Å². The number of halogens is 1. The van der Waals surface area contributed by atoms with Crippen molar-refractivity contribution in [2.24, 2.45) is 11.8 Å². The number of benzene rings is 1. The molecule has 0 amide bonds. The highest BCUT2D eigenvalue weighted by Gasteiger charge is 2.27. The third-order valence-corrected chi connectivity index (χ3v) is 4.80. The second-order valence-corrected chi connectivity index (χ2v) is 6.30. The van der Waals surface area contributed by atoms with Gasteiger partial charge in [0.25, 0.3) is 0 Å². The first kappa shape index (κ1) is 15.7. The maximum Gasteiger partial charge on any atom is 0.120 e. The van der Waals surface area contributed by atoms with Gasteiger partial charge in [-0.25, -0.2) is 0 Å². The Morgan fingerprint density at radius 2 is 2.25 bits per heavy atom. The lowest BCUT2D eigenvalue weighted by Gasteiger charge is -2.34. The van der Waals surface area contributed by atoms with Crippen molar-refractivity contribution in [1.82, 2.24) is 5.32 Å². The summed E-state index contributed by atoms with van der Waals surface area (Å²) in [6.45, 7) is 3.03. The lowest BCUT2D eigenvalue weighted by Crippen LogP contribution is -2.41. The van der Waals surface area contributed by atoms with Crippen LogP contribution in [0.2, 0.25) is 5.02 Å². The molecule has 1 aliphatic rings. The van der Waals surface area contributed by atoms with Crippen molar-refractivity contribution in [3.63, 3.8) is 0 Å². The van der Waals surface area contributed by atoms with Crippen LogP contribution in [0.3, 0.4) is 0 Å². The fourth-order valence-corrected chi connectivity index (χ4v) is 3.45. The Balaban J connectivity index is 1.88. The van der Waals surface area contributed by atoms with Crippen LogP contribution in [0.1, 0.15) is 39.0 Å². The molecule has 3 heteroatoms. The van der Waals surface area contributed by atoms with Gasteiger partial charge in [0.05, 0.1) is 0 Å². The van der Waals surface area contributed by atoms with E-state index in [-0.39, 0.29) is 0 Å². The first-order valence-corrected chi connectivity index (χ1v) is 8.16. The van der Waals surface area contributed by atoms with E-state index in [0.717, 1.165) is 29.2 Å².